The maximum absolute atomic E-state index is 11.8. The van der Waals surface area contributed by atoms with Crippen molar-refractivity contribution in [2.45, 2.75) is 31.2 Å². The number of anilines is 1. The Labute approximate surface area is 152 Å². The number of para-hydroxylation sites is 1. The lowest BCUT2D eigenvalue weighted by Gasteiger charge is -2.44. The van der Waals surface area contributed by atoms with Gasteiger partial charge in [-0.15, -0.1) is 0 Å². The van der Waals surface area contributed by atoms with Gasteiger partial charge < -0.3 is 10.4 Å². The molecule has 2 saturated carbocycles. The number of carbonyl (C=O) groups is 1. The van der Waals surface area contributed by atoms with E-state index in [9.17, 15) is 9.90 Å². The predicted molar refractivity (Wildman–Crippen MR) is 98.3 cm³/mol. The fourth-order valence-electron chi connectivity index (χ4n) is 5.73. The summed E-state index contributed by atoms with van der Waals surface area (Å²) in [5.74, 6) is 1.44. The van der Waals surface area contributed by atoms with Crippen LogP contribution in [0, 0.1) is 17.8 Å². The maximum Gasteiger partial charge on any atom is 0.337 e. The van der Waals surface area contributed by atoms with Crippen molar-refractivity contribution in [1.82, 2.24) is 0 Å². The van der Waals surface area contributed by atoms with Crippen molar-refractivity contribution >= 4 is 23.3 Å². The molecular formula is C21H20ClNO2. The molecule has 128 valence electrons. The topological polar surface area (TPSA) is 49.3 Å². The second-order valence-corrected chi connectivity index (χ2v) is 8.06. The molecule has 3 aliphatic rings. The number of benzene rings is 2. The fraction of sp³-hybridized carbons (Fsp3) is 0.381. The fourth-order valence-corrected chi connectivity index (χ4v) is 5.98. The Morgan fingerprint density at radius 2 is 1.80 bits per heavy atom. The van der Waals surface area contributed by atoms with Gasteiger partial charge in [-0.05, 0) is 66.2 Å². The average Bonchev–Trinajstić information content (AvgIpc) is 3.23. The molecule has 0 amide bonds. The Morgan fingerprint density at radius 3 is 2.60 bits per heavy atom. The van der Waals surface area contributed by atoms with Gasteiger partial charge in [0.2, 0.25) is 0 Å². The van der Waals surface area contributed by atoms with Gasteiger partial charge in [0, 0.05) is 5.02 Å². The van der Waals surface area contributed by atoms with Crippen molar-refractivity contribution in [2.75, 3.05) is 5.32 Å². The molecule has 5 rings (SSSR count). The molecule has 2 aromatic rings. The third-order valence-corrected chi connectivity index (χ3v) is 6.94. The first kappa shape index (κ1) is 15.3. The largest absolute Gasteiger partial charge is 0.478 e. The number of nitrogens with one attached hydrogen (secondary N) is 1. The highest BCUT2D eigenvalue weighted by atomic mass is 35.5. The zero-order chi connectivity index (χ0) is 17.1. The van der Waals surface area contributed by atoms with E-state index in [0.29, 0.717) is 29.2 Å². The van der Waals surface area contributed by atoms with E-state index in [-0.39, 0.29) is 6.04 Å². The van der Waals surface area contributed by atoms with Crippen molar-refractivity contribution in [3.63, 3.8) is 0 Å². The Kier molecular flexibility index (Phi) is 3.36. The van der Waals surface area contributed by atoms with E-state index in [4.69, 9.17) is 11.6 Å². The molecule has 4 heteroatoms. The van der Waals surface area contributed by atoms with E-state index in [1.54, 1.807) is 6.07 Å². The summed E-state index contributed by atoms with van der Waals surface area (Å²) in [4.78, 5) is 11.8. The minimum Gasteiger partial charge on any atom is -0.478 e. The summed E-state index contributed by atoms with van der Waals surface area (Å²) >= 11 is 6.52. The zero-order valence-corrected chi connectivity index (χ0v) is 14.5. The summed E-state index contributed by atoms with van der Waals surface area (Å²) in [7, 11) is 0. The molecule has 1 heterocycles. The highest BCUT2D eigenvalue weighted by molar-refractivity contribution is 6.31. The number of rotatable bonds is 2. The molecule has 2 aliphatic carbocycles. The third kappa shape index (κ3) is 2.15. The molecule has 25 heavy (non-hydrogen) atoms. The average molecular weight is 354 g/mol. The van der Waals surface area contributed by atoms with E-state index in [1.807, 2.05) is 24.3 Å². The van der Waals surface area contributed by atoms with E-state index in [0.717, 1.165) is 16.3 Å². The normalized spacial score (nSPS) is 32.0. The van der Waals surface area contributed by atoms with Crippen molar-refractivity contribution in [2.24, 2.45) is 17.8 Å². The van der Waals surface area contributed by atoms with Crippen LogP contribution in [0.2, 0.25) is 5.02 Å². The number of carboxylic acids is 1. The van der Waals surface area contributed by atoms with Crippen LogP contribution >= 0.6 is 11.6 Å². The molecule has 0 spiro atoms. The minimum absolute atomic E-state index is 0.0852. The van der Waals surface area contributed by atoms with Crippen LogP contribution in [0.25, 0.3) is 0 Å². The standard InChI is InChI=1S/C21H20ClNO2/c22-16-7-2-1-4-13(16)20-18-12-9-8-11(10-12)17(18)14-5-3-6-15(21(24)25)19(14)23-20/h1-7,11-12,17-18,20,23H,8-10H2,(H,24,25)/t11-,12+,17+,18+,20-/m0/s1. The molecule has 0 saturated heterocycles. The Morgan fingerprint density at radius 1 is 1.04 bits per heavy atom. The number of hydrogen-bond donors (Lipinski definition) is 2. The van der Waals surface area contributed by atoms with E-state index in [2.05, 4.69) is 17.4 Å². The van der Waals surface area contributed by atoms with Gasteiger partial charge in [-0.25, -0.2) is 4.79 Å². The molecule has 1 aliphatic heterocycles. The zero-order valence-electron chi connectivity index (χ0n) is 13.8. The number of fused-ring (bicyclic) bond motifs is 7. The molecule has 0 radical (unpaired) electrons. The SMILES string of the molecule is O=C(O)c1cccc2c1N[C@@H](c1ccccc1Cl)[C@@H]1[C@@H]3CC[C@@H](C3)[C@H]21. The molecule has 2 fully saturated rings. The Bertz CT molecular complexity index is 865. The maximum atomic E-state index is 11.8. The van der Waals surface area contributed by atoms with E-state index in [1.165, 1.54) is 24.8 Å². The molecule has 2 bridgehead atoms. The molecule has 5 atom stereocenters. The highest BCUT2D eigenvalue weighted by Gasteiger charge is 2.54. The number of carboxylic acid groups (broad SMARTS) is 1. The van der Waals surface area contributed by atoms with Crippen molar-refractivity contribution < 1.29 is 9.90 Å². The van der Waals surface area contributed by atoms with Crippen LogP contribution in [-0.4, -0.2) is 11.1 Å². The smallest absolute Gasteiger partial charge is 0.337 e. The van der Waals surface area contributed by atoms with Crippen LogP contribution in [0.1, 0.15) is 52.7 Å². The van der Waals surface area contributed by atoms with Gasteiger partial charge in [0.05, 0.1) is 17.3 Å². The first-order valence-corrected chi connectivity index (χ1v) is 9.40. The lowest BCUT2D eigenvalue weighted by Crippen LogP contribution is -2.36. The van der Waals surface area contributed by atoms with Gasteiger partial charge >= 0.3 is 5.97 Å². The van der Waals surface area contributed by atoms with Crippen molar-refractivity contribution in [3.8, 4) is 0 Å². The summed E-state index contributed by atoms with van der Waals surface area (Å²) < 4.78 is 0. The van der Waals surface area contributed by atoms with Gasteiger partial charge in [-0.1, -0.05) is 41.9 Å². The monoisotopic (exact) mass is 353 g/mol. The molecular weight excluding hydrogens is 334 g/mol. The Hall–Kier alpha value is -2.00. The lowest BCUT2D eigenvalue weighted by molar-refractivity contribution is 0.0697. The molecule has 2 N–H and O–H groups in total. The molecule has 0 aromatic heterocycles. The second-order valence-electron chi connectivity index (χ2n) is 7.65. The molecule has 3 nitrogen and oxygen atoms in total. The van der Waals surface area contributed by atoms with Gasteiger partial charge in [0.25, 0.3) is 0 Å². The second kappa shape index (κ2) is 5.50. The van der Waals surface area contributed by atoms with Crippen LogP contribution in [0.15, 0.2) is 42.5 Å². The van der Waals surface area contributed by atoms with Gasteiger partial charge in [0.1, 0.15) is 0 Å². The summed E-state index contributed by atoms with van der Waals surface area (Å²) in [6.07, 6.45) is 3.80. The Balaban J connectivity index is 1.70. The quantitative estimate of drug-likeness (QED) is 0.766. The van der Waals surface area contributed by atoms with Crippen LogP contribution in [0.4, 0.5) is 5.69 Å². The van der Waals surface area contributed by atoms with Crippen molar-refractivity contribution in [3.05, 3.63) is 64.2 Å². The van der Waals surface area contributed by atoms with Gasteiger partial charge in [-0.3, -0.25) is 0 Å². The first-order chi connectivity index (χ1) is 12.1. The van der Waals surface area contributed by atoms with Crippen molar-refractivity contribution in [1.29, 1.82) is 0 Å². The van der Waals surface area contributed by atoms with Crippen LogP contribution in [0.3, 0.4) is 0 Å². The third-order valence-electron chi connectivity index (χ3n) is 6.59. The van der Waals surface area contributed by atoms with Crippen LogP contribution < -0.4 is 5.32 Å². The van der Waals surface area contributed by atoms with Gasteiger partial charge in [0.15, 0.2) is 0 Å². The summed E-state index contributed by atoms with van der Waals surface area (Å²) in [5, 5.41) is 14.0. The minimum atomic E-state index is -0.871. The predicted octanol–water partition coefficient (Wildman–Crippen LogP) is 5.33. The summed E-state index contributed by atoms with van der Waals surface area (Å²) in [6, 6.07) is 13.8. The summed E-state index contributed by atoms with van der Waals surface area (Å²) in [6.45, 7) is 0. The number of halogens is 1. The number of aromatic carboxylic acids is 1. The van der Waals surface area contributed by atoms with Crippen LogP contribution in [-0.2, 0) is 0 Å². The first-order valence-electron chi connectivity index (χ1n) is 9.02. The van der Waals surface area contributed by atoms with E-state index < -0.39 is 5.97 Å². The number of hydrogen-bond acceptors (Lipinski definition) is 2. The van der Waals surface area contributed by atoms with E-state index >= 15 is 0 Å². The lowest BCUT2D eigenvalue weighted by atomic mass is 9.67. The van der Waals surface area contributed by atoms with Crippen LogP contribution in [0.5, 0.6) is 0 Å². The molecule has 0 unspecified atom stereocenters. The molecule has 2 aromatic carbocycles. The highest BCUT2D eigenvalue weighted by Crippen LogP contribution is 2.64. The van der Waals surface area contributed by atoms with Gasteiger partial charge in [-0.2, -0.15) is 0 Å². The summed E-state index contributed by atoms with van der Waals surface area (Å²) in [5.41, 5.74) is 3.46.